The molecule has 1 aliphatic carbocycles. The first-order valence-electron chi connectivity index (χ1n) is 5.80. The normalized spacial score (nSPS) is 25.2. The number of carbonyl (C=O) groups is 1. The minimum absolute atomic E-state index is 0.0302. The topological polar surface area (TPSA) is 56.1 Å². The fraction of sp³-hybridized carbons (Fsp3) is 0.833. The maximum Gasteiger partial charge on any atom is 0.228 e. The van der Waals surface area contributed by atoms with Gasteiger partial charge in [0, 0.05) is 13.1 Å². The van der Waals surface area contributed by atoms with Crippen LogP contribution in [0.2, 0.25) is 0 Å². The molecule has 0 aliphatic heterocycles. The van der Waals surface area contributed by atoms with Crippen LogP contribution in [0.1, 0.15) is 33.1 Å². The van der Waals surface area contributed by atoms with Crippen molar-refractivity contribution in [1.29, 1.82) is 5.26 Å². The molecule has 1 rings (SSSR count). The second-order valence-corrected chi connectivity index (χ2v) is 5.00. The Morgan fingerprint density at radius 3 is 2.62 bits per heavy atom. The van der Waals surface area contributed by atoms with Crippen LogP contribution in [-0.2, 0) is 4.79 Å². The standard InChI is InChI=1S/C12H21N3O/c1-12(2,8-13)15(4)11(16)9-6-5-7-10(9)14-3/h9-10,14H,5-7H2,1-4H3. The van der Waals surface area contributed by atoms with Gasteiger partial charge in [-0.25, -0.2) is 0 Å². The van der Waals surface area contributed by atoms with Crippen LogP contribution in [0.25, 0.3) is 0 Å². The summed E-state index contributed by atoms with van der Waals surface area (Å²) in [5.74, 6) is 0.117. The van der Waals surface area contributed by atoms with Gasteiger partial charge in [-0.15, -0.1) is 0 Å². The number of nitrogens with one attached hydrogen (secondary N) is 1. The molecule has 0 spiro atoms. The molecule has 1 amide bonds. The predicted octanol–water partition coefficient (Wildman–Crippen LogP) is 1.14. The number of carbonyl (C=O) groups excluding carboxylic acids is 1. The molecular weight excluding hydrogens is 202 g/mol. The van der Waals surface area contributed by atoms with Crippen LogP contribution in [0, 0.1) is 17.2 Å². The summed E-state index contributed by atoms with van der Waals surface area (Å²) in [5.41, 5.74) is -0.724. The van der Waals surface area contributed by atoms with Crippen molar-refractivity contribution in [3.63, 3.8) is 0 Å². The van der Waals surface area contributed by atoms with Crippen LogP contribution < -0.4 is 5.32 Å². The number of nitriles is 1. The molecule has 0 aromatic carbocycles. The average Bonchev–Trinajstić information content (AvgIpc) is 2.74. The quantitative estimate of drug-likeness (QED) is 0.780. The van der Waals surface area contributed by atoms with Crippen molar-refractivity contribution in [1.82, 2.24) is 10.2 Å². The molecule has 0 radical (unpaired) electrons. The van der Waals surface area contributed by atoms with Crippen LogP contribution in [0.3, 0.4) is 0 Å². The highest BCUT2D eigenvalue weighted by Gasteiger charge is 2.37. The maximum atomic E-state index is 12.3. The van der Waals surface area contributed by atoms with Crippen molar-refractivity contribution in [2.75, 3.05) is 14.1 Å². The number of nitrogens with zero attached hydrogens (tertiary/aromatic N) is 2. The molecular formula is C12H21N3O. The Balaban J connectivity index is 2.75. The fourth-order valence-electron chi connectivity index (χ4n) is 2.20. The molecule has 0 aromatic rings. The lowest BCUT2D eigenvalue weighted by Crippen LogP contribution is -2.49. The largest absolute Gasteiger partial charge is 0.327 e. The summed E-state index contributed by atoms with van der Waals surface area (Å²) in [4.78, 5) is 13.8. The average molecular weight is 223 g/mol. The maximum absolute atomic E-state index is 12.3. The van der Waals surface area contributed by atoms with Crippen molar-refractivity contribution in [2.45, 2.75) is 44.7 Å². The molecule has 1 fully saturated rings. The van der Waals surface area contributed by atoms with Crippen molar-refractivity contribution < 1.29 is 4.79 Å². The first-order chi connectivity index (χ1) is 7.44. The lowest BCUT2D eigenvalue weighted by atomic mass is 9.98. The van der Waals surface area contributed by atoms with Crippen LogP contribution in [0.15, 0.2) is 0 Å². The third kappa shape index (κ3) is 2.35. The van der Waals surface area contributed by atoms with E-state index in [1.54, 1.807) is 25.8 Å². The van der Waals surface area contributed by atoms with E-state index in [4.69, 9.17) is 5.26 Å². The summed E-state index contributed by atoms with van der Waals surface area (Å²) in [5, 5.41) is 12.2. The minimum Gasteiger partial charge on any atom is -0.327 e. The van der Waals surface area contributed by atoms with E-state index >= 15 is 0 Å². The van der Waals surface area contributed by atoms with Gasteiger partial charge in [-0.3, -0.25) is 4.79 Å². The van der Waals surface area contributed by atoms with Crippen LogP contribution >= 0.6 is 0 Å². The molecule has 16 heavy (non-hydrogen) atoms. The molecule has 1 aliphatic rings. The fourth-order valence-corrected chi connectivity index (χ4v) is 2.20. The molecule has 0 aromatic heterocycles. The van der Waals surface area contributed by atoms with Crippen molar-refractivity contribution in [2.24, 2.45) is 5.92 Å². The van der Waals surface area contributed by atoms with Crippen LogP contribution in [0.4, 0.5) is 0 Å². The summed E-state index contributed by atoms with van der Waals surface area (Å²) >= 11 is 0. The first kappa shape index (κ1) is 13.0. The van der Waals surface area contributed by atoms with E-state index in [0.29, 0.717) is 0 Å². The van der Waals surface area contributed by atoms with E-state index < -0.39 is 5.54 Å². The Labute approximate surface area is 97.6 Å². The molecule has 0 saturated heterocycles. The van der Waals surface area contributed by atoms with Crippen LogP contribution in [0.5, 0.6) is 0 Å². The number of hydrogen-bond acceptors (Lipinski definition) is 3. The highest BCUT2D eigenvalue weighted by Crippen LogP contribution is 2.28. The highest BCUT2D eigenvalue weighted by atomic mass is 16.2. The number of amides is 1. The van der Waals surface area contributed by atoms with Crippen molar-refractivity contribution in [3.05, 3.63) is 0 Å². The molecule has 2 atom stereocenters. The van der Waals surface area contributed by atoms with Gasteiger partial charge < -0.3 is 10.2 Å². The zero-order valence-electron chi connectivity index (χ0n) is 10.6. The Morgan fingerprint density at radius 1 is 1.50 bits per heavy atom. The third-order valence-corrected chi connectivity index (χ3v) is 3.65. The monoisotopic (exact) mass is 223 g/mol. The lowest BCUT2D eigenvalue weighted by molar-refractivity contribution is -0.137. The smallest absolute Gasteiger partial charge is 0.228 e. The van der Waals surface area contributed by atoms with Gasteiger partial charge in [0.1, 0.15) is 5.54 Å². The Hall–Kier alpha value is -1.08. The third-order valence-electron chi connectivity index (χ3n) is 3.65. The Bertz CT molecular complexity index is 306. The number of hydrogen-bond donors (Lipinski definition) is 1. The molecule has 0 heterocycles. The van der Waals surface area contributed by atoms with Gasteiger partial charge in [0.25, 0.3) is 0 Å². The van der Waals surface area contributed by atoms with Gasteiger partial charge in [0.15, 0.2) is 0 Å². The van der Waals surface area contributed by atoms with E-state index in [0.717, 1.165) is 19.3 Å². The first-order valence-corrected chi connectivity index (χ1v) is 5.80. The SMILES string of the molecule is CNC1CCCC1C(=O)N(C)C(C)(C)C#N. The van der Waals surface area contributed by atoms with E-state index in [-0.39, 0.29) is 17.9 Å². The van der Waals surface area contributed by atoms with Crippen molar-refractivity contribution >= 4 is 5.91 Å². The zero-order valence-corrected chi connectivity index (χ0v) is 10.6. The van der Waals surface area contributed by atoms with Crippen LogP contribution in [-0.4, -0.2) is 36.5 Å². The highest BCUT2D eigenvalue weighted by molar-refractivity contribution is 5.80. The summed E-state index contributed by atoms with van der Waals surface area (Å²) < 4.78 is 0. The molecule has 4 nitrogen and oxygen atoms in total. The van der Waals surface area contributed by atoms with Gasteiger partial charge in [0.2, 0.25) is 5.91 Å². The number of rotatable bonds is 3. The van der Waals surface area contributed by atoms with Crippen molar-refractivity contribution in [3.8, 4) is 6.07 Å². The zero-order chi connectivity index (χ0) is 12.3. The summed E-state index contributed by atoms with van der Waals surface area (Å²) in [6.07, 6.45) is 3.06. The van der Waals surface area contributed by atoms with Gasteiger partial charge in [-0.1, -0.05) is 6.42 Å². The van der Waals surface area contributed by atoms with Gasteiger partial charge in [-0.05, 0) is 33.7 Å². The molecule has 4 heteroatoms. The predicted molar refractivity (Wildman–Crippen MR) is 62.7 cm³/mol. The molecule has 1 saturated carbocycles. The van der Waals surface area contributed by atoms with E-state index in [1.165, 1.54) is 0 Å². The molecule has 2 unspecified atom stereocenters. The molecule has 90 valence electrons. The Morgan fingerprint density at radius 2 is 2.12 bits per heavy atom. The van der Waals surface area contributed by atoms with E-state index in [2.05, 4.69) is 11.4 Å². The second-order valence-electron chi connectivity index (χ2n) is 5.00. The van der Waals surface area contributed by atoms with Gasteiger partial charge in [-0.2, -0.15) is 5.26 Å². The minimum atomic E-state index is -0.724. The lowest BCUT2D eigenvalue weighted by Gasteiger charge is -2.33. The summed E-state index contributed by atoms with van der Waals surface area (Å²) in [7, 11) is 3.61. The Kier molecular flexibility index (Phi) is 3.93. The van der Waals surface area contributed by atoms with E-state index in [9.17, 15) is 4.79 Å². The van der Waals surface area contributed by atoms with Gasteiger partial charge in [0.05, 0.1) is 12.0 Å². The van der Waals surface area contributed by atoms with Gasteiger partial charge >= 0.3 is 0 Å². The second kappa shape index (κ2) is 4.84. The van der Waals surface area contributed by atoms with E-state index in [1.807, 2.05) is 7.05 Å². The summed E-state index contributed by atoms with van der Waals surface area (Å²) in [6, 6.07) is 2.43. The molecule has 1 N–H and O–H groups in total. The summed E-state index contributed by atoms with van der Waals surface area (Å²) in [6.45, 7) is 3.54. The molecule has 0 bridgehead atoms.